The molecule has 3 rings (SSSR count). The maximum atomic E-state index is 12.6. The van der Waals surface area contributed by atoms with Crippen LogP contribution in [0.1, 0.15) is 37.4 Å². The number of carbonyl (C=O) groups excluding carboxylic acids is 3. The second kappa shape index (κ2) is 8.57. The van der Waals surface area contributed by atoms with Gasteiger partial charge in [-0.05, 0) is 43.9 Å². The van der Waals surface area contributed by atoms with Gasteiger partial charge in [0.25, 0.3) is 0 Å². The number of rotatable bonds is 2. The van der Waals surface area contributed by atoms with Crippen LogP contribution in [0.2, 0.25) is 10.0 Å². The standard InChI is InChI=1S/C19H24Cl2N4O3/c1-11(2)22-17(26)18(27)24-7-9-25(10-8-24)19(28)23-15-6-4-13-12(15)3-5-14(20)16(13)21/h3,5,11,15H,4,6-10H2,1-2H3,(H,22,26)(H,23,28). The van der Waals surface area contributed by atoms with Crippen molar-refractivity contribution < 1.29 is 14.4 Å². The first-order valence-corrected chi connectivity index (χ1v) is 10.2. The molecule has 1 aliphatic carbocycles. The molecule has 4 amide bonds. The van der Waals surface area contributed by atoms with E-state index in [9.17, 15) is 14.4 Å². The van der Waals surface area contributed by atoms with E-state index in [1.54, 1.807) is 24.8 Å². The van der Waals surface area contributed by atoms with Crippen LogP contribution in [0.15, 0.2) is 12.1 Å². The van der Waals surface area contributed by atoms with Crippen LogP contribution >= 0.6 is 23.2 Å². The summed E-state index contributed by atoms with van der Waals surface area (Å²) in [6.45, 7) is 5.04. The molecule has 1 unspecified atom stereocenters. The van der Waals surface area contributed by atoms with Gasteiger partial charge in [-0.1, -0.05) is 29.3 Å². The summed E-state index contributed by atoms with van der Waals surface area (Å²) >= 11 is 12.3. The number of carbonyl (C=O) groups is 3. The largest absolute Gasteiger partial charge is 0.346 e. The lowest BCUT2D eigenvalue weighted by molar-refractivity contribution is -0.147. The Morgan fingerprint density at radius 3 is 2.36 bits per heavy atom. The van der Waals surface area contributed by atoms with Gasteiger partial charge in [0.2, 0.25) is 0 Å². The molecule has 152 valence electrons. The van der Waals surface area contributed by atoms with Crippen LogP contribution in [0.4, 0.5) is 4.79 Å². The molecule has 0 radical (unpaired) electrons. The second-order valence-corrected chi connectivity index (χ2v) is 8.16. The summed E-state index contributed by atoms with van der Waals surface area (Å²) < 4.78 is 0. The minimum Gasteiger partial charge on any atom is -0.346 e. The molecule has 0 spiro atoms. The van der Waals surface area contributed by atoms with E-state index in [1.165, 1.54) is 4.90 Å². The minimum atomic E-state index is -0.606. The van der Waals surface area contributed by atoms with Crippen molar-refractivity contribution in [2.45, 2.75) is 38.8 Å². The average Bonchev–Trinajstić information content (AvgIpc) is 3.07. The number of fused-ring (bicyclic) bond motifs is 1. The van der Waals surface area contributed by atoms with Gasteiger partial charge in [0.15, 0.2) is 0 Å². The molecule has 1 saturated heterocycles. The van der Waals surface area contributed by atoms with E-state index < -0.39 is 11.8 Å². The zero-order chi connectivity index (χ0) is 20.4. The zero-order valence-corrected chi connectivity index (χ0v) is 17.4. The summed E-state index contributed by atoms with van der Waals surface area (Å²) in [5.41, 5.74) is 1.99. The molecule has 1 aliphatic heterocycles. The normalized spacial score (nSPS) is 18.8. The number of nitrogens with zero attached hydrogens (tertiary/aromatic N) is 2. The van der Waals surface area contributed by atoms with Crippen molar-refractivity contribution in [2.24, 2.45) is 0 Å². The van der Waals surface area contributed by atoms with Crippen LogP contribution in [-0.4, -0.2) is 59.9 Å². The fraction of sp³-hybridized carbons (Fsp3) is 0.526. The second-order valence-electron chi connectivity index (χ2n) is 7.38. The van der Waals surface area contributed by atoms with Crippen molar-refractivity contribution in [2.75, 3.05) is 26.2 Å². The highest BCUT2D eigenvalue weighted by molar-refractivity contribution is 6.42. The van der Waals surface area contributed by atoms with Gasteiger partial charge >= 0.3 is 17.8 Å². The van der Waals surface area contributed by atoms with E-state index in [4.69, 9.17) is 23.2 Å². The lowest BCUT2D eigenvalue weighted by atomic mass is 10.1. The smallest absolute Gasteiger partial charge is 0.318 e. The summed E-state index contributed by atoms with van der Waals surface area (Å²) in [4.78, 5) is 39.8. The number of nitrogens with one attached hydrogen (secondary N) is 2. The first-order chi connectivity index (χ1) is 13.3. The summed E-state index contributed by atoms with van der Waals surface area (Å²) in [6.07, 6.45) is 1.54. The number of halogens is 2. The first kappa shape index (κ1) is 20.7. The number of piperazine rings is 1. The summed E-state index contributed by atoms with van der Waals surface area (Å²) in [5, 5.41) is 6.72. The van der Waals surface area contributed by atoms with Crippen molar-refractivity contribution in [3.05, 3.63) is 33.3 Å². The molecule has 2 aliphatic rings. The molecular formula is C19H24Cl2N4O3. The van der Waals surface area contributed by atoms with E-state index in [1.807, 2.05) is 6.07 Å². The van der Waals surface area contributed by atoms with Crippen LogP contribution in [0.3, 0.4) is 0 Å². The lowest BCUT2D eigenvalue weighted by Crippen LogP contribution is -2.56. The maximum absolute atomic E-state index is 12.6. The van der Waals surface area contributed by atoms with Gasteiger partial charge in [0, 0.05) is 32.2 Å². The topological polar surface area (TPSA) is 81.8 Å². The fourth-order valence-corrected chi connectivity index (χ4v) is 4.05. The van der Waals surface area contributed by atoms with E-state index in [0.29, 0.717) is 36.2 Å². The Morgan fingerprint density at radius 2 is 1.71 bits per heavy atom. The Balaban J connectivity index is 1.54. The Bertz CT molecular complexity index is 792. The number of hydrogen-bond donors (Lipinski definition) is 2. The van der Waals surface area contributed by atoms with Gasteiger partial charge in [-0.15, -0.1) is 0 Å². The predicted octanol–water partition coefficient (Wildman–Crippen LogP) is 2.36. The molecule has 1 aromatic carbocycles. The van der Waals surface area contributed by atoms with Crippen LogP contribution in [0, 0.1) is 0 Å². The van der Waals surface area contributed by atoms with Gasteiger partial charge in [-0.25, -0.2) is 4.79 Å². The lowest BCUT2D eigenvalue weighted by Gasteiger charge is -2.35. The third-order valence-electron chi connectivity index (χ3n) is 5.06. The van der Waals surface area contributed by atoms with Gasteiger partial charge in [0.05, 0.1) is 16.1 Å². The van der Waals surface area contributed by atoms with Crippen molar-refractivity contribution in [3.63, 3.8) is 0 Å². The molecule has 0 saturated carbocycles. The van der Waals surface area contributed by atoms with Crippen LogP contribution in [0.25, 0.3) is 0 Å². The molecule has 7 nitrogen and oxygen atoms in total. The Labute approximate surface area is 174 Å². The van der Waals surface area contributed by atoms with Crippen LogP contribution < -0.4 is 10.6 Å². The third kappa shape index (κ3) is 4.36. The van der Waals surface area contributed by atoms with Crippen LogP contribution in [-0.2, 0) is 16.0 Å². The zero-order valence-electron chi connectivity index (χ0n) is 15.9. The predicted molar refractivity (Wildman–Crippen MR) is 107 cm³/mol. The number of benzene rings is 1. The Morgan fingerprint density at radius 1 is 1.07 bits per heavy atom. The van der Waals surface area contributed by atoms with E-state index in [0.717, 1.165) is 24.0 Å². The first-order valence-electron chi connectivity index (χ1n) is 9.40. The molecule has 28 heavy (non-hydrogen) atoms. The van der Waals surface area contributed by atoms with E-state index >= 15 is 0 Å². The van der Waals surface area contributed by atoms with Gasteiger partial charge < -0.3 is 20.4 Å². The summed E-state index contributed by atoms with van der Waals surface area (Å²) in [7, 11) is 0. The molecule has 1 aromatic rings. The van der Waals surface area contributed by atoms with Crippen molar-refractivity contribution >= 4 is 41.0 Å². The quantitative estimate of drug-likeness (QED) is 0.712. The molecule has 2 N–H and O–H groups in total. The van der Waals surface area contributed by atoms with Crippen molar-refractivity contribution in [1.29, 1.82) is 0 Å². The molecule has 1 atom stereocenters. The summed E-state index contributed by atoms with van der Waals surface area (Å²) in [5.74, 6) is -1.16. The minimum absolute atomic E-state index is 0.0961. The van der Waals surface area contributed by atoms with Crippen molar-refractivity contribution in [3.8, 4) is 0 Å². The van der Waals surface area contributed by atoms with Gasteiger partial charge in [-0.3, -0.25) is 9.59 Å². The number of urea groups is 1. The third-order valence-corrected chi connectivity index (χ3v) is 5.90. The molecule has 1 heterocycles. The average molecular weight is 427 g/mol. The number of hydrogen-bond acceptors (Lipinski definition) is 3. The van der Waals surface area contributed by atoms with E-state index in [2.05, 4.69) is 10.6 Å². The van der Waals surface area contributed by atoms with Crippen molar-refractivity contribution in [1.82, 2.24) is 20.4 Å². The van der Waals surface area contributed by atoms with Gasteiger partial charge in [0.1, 0.15) is 0 Å². The fourth-order valence-electron chi connectivity index (χ4n) is 3.60. The highest BCUT2D eigenvalue weighted by Gasteiger charge is 2.31. The molecule has 0 aromatic heterocycles. The van der Waals surface area contributed by atoms with E-state index in [-0.39, 0.29) is 18.1 Å². The molecule has 0 bridgehead atoms. The Hall–Kier alpha value is -1.99. The van der Waals surface area contributed by atoms with Gasteiger partial charge in [-0.2, -0.15) is 0 Å². The monoisotopic (exact) mass is 426 g/mol. The SMILES string of the molecule is CC(C)NC(=O)C(=O)N1CCN(C(=O)NC2CCc3c2ccc(Cl)c3Cl)CC1. The molecule has 9 heteroatoms. The highest BCUT2D eigenvalue weighted by Crippen LogP contribution is 2.39. The number of amides is 4. The van der Waals surface area contributed by atoms with Crippen LogP contribution in [0.5, 0.6) is 0 Å². The summed E-state index contributed by atoms with van der Waals surface area (Å²) in [6, 6.07) is 3.28. The maximum Gasteiger partial charge on any atom is 0.318 e. The molecular weight excluding hydrogens is 403 g/mol. The highest BCUT2D eigenvalue weighted by atomic mass is 35.5. The Kier molecular flexibility index (Phi) is 6.35. The molecule has 1 fully saturated rings.